The molecule has 0 atom stereocenters. The van der Waals surface area contributed by atoms with E-state index in [1.165, 1.54) is 0 Å². The van der Waals surface area contributed by atoms with Crippen molar-refractivity contribution in [1.82, 2.24) is 4.90 Å². The van der Waals surface area contributed by atoms with Crippen molar-refractivity contribution in [2.24, 2.45) is 11.1 Å². The maximum absolute atomic E-state index is 11.3. The zero-order chi connectivity index (χ0) is 18.7. The number of hydrogen-bond donors (Lipinski definition) is 1. The summed E-state index contributed by atoms with van der Waals surface area (Å²) in [5.74, 6) is 1.71. The molecule has 140 valence electrons. The molecule has 1 aliphatic rings. The summed E-state index contributed by atoms with van der Waals surface area (Å²) in [5, 5.41) is 5.18. The highest BCUT2D eigenvalue weighted by molar-refractivity contribution is 7.89. The molecule has 0 saturated carbocycles. The average molecular weight is 376 g/mol. The van der Waals surface area contributed by atoms with Gasteiger partial charge in [0.1, 0.15) is 11.5 Å². The summed E-state index contributed by atoms with van der Waals surface area (Å²) < 4.78 is 33.1. The van der Waals surface area contributed by atoms with E-state index in [0.717, 1.165) is 22.6 Å². The molecule has 0 amide bonds. The lowest BCUT2D eigenvalue weighted by atomic mass is 9.91. The van der Waals surface area contributed by atoms with Gasteiger partial charge in [-0.05, 0) is 41.3 Å². The van der Waals surface area contributed by atoms with Crippen molar-refractivity contribution in [2.45, 2.75) is 6.04 Å². The van der Waals surface area contributed by atoms with Gasteiger partial charge in [0, 0.05) is 13.1 Å². The number of likely N-dealkylation sites (tertiary alicyclic amines) is 1. The summed E-state index contributed by atoms with van der Waals surface area (Å²) in [6.45, 7) is 1.39. The van der Waals surface area contributed by atoms with E-state index in [0.29, 0.717) is 13.1 Å². The number of rotatable bonds is 7. The van der Waals surface area contributed by atoms with Crippen LogP contribution in [0.2, 0.25) is 0 Å². The number of ether oxygens (including phenoxy) is 2. The molecule has 1 heterocycles. The third-order valence-corrected chi connectivity index (χ3v) is 5.62. The number of nitrogens with two attached hydrogens (primary N) is 1. The lowest BCUT2D eigenvalue weighted by molar-refractivity contribution is 0.0812. The topological polar surface area (TPSA) is 81.9 Å². The van der Waals surface area contributed by atoms with Gasteiger partial charge < -0.3 is 9.47 Å². The lowest BCUT2D eigenvalue weighted by Crippen LogP contribution is -2.51. The van der Waals surface area contributed by atoms with Crippen molar-refractivity contribution in [3.63, 3.8) is 0 Å². The van der Waals surface area contributed by atoms with Crippen molar-refractivity contribution in [2.75, 3.05) is 33.1 Å². The molecular formula is C19H24N2O4S. The van der Waals surface area contributed by atoms with Crippen LogP contribution in [0.1, 0.15) is 17.2 Å². The normalized spacial score (nSPS) is 15.7. The van der Waals surface area contributed by atoms with Crippen LogP contribution in [0.25, 0.3) is 0 Å². The van der Waals surface area contributed by atoms with Gasteiger partial charge >= 0.3 is 0 Å². The summed E-state index contributed by atoms with van der Waals surface area (Å²) in [5.41, 5.74) is 2.26. The molecule has 3 rings (SSSR count). The molecule has 0 bridgehead atoms. The highest BCUT2D eigenvalue weighted by Crippen LogP contribution is 2.35. The van der Waals surface area contributed by atoms with E-state index >= 15 is 0 Å². The van der Waals surface area contributed by atoms with Crippen LogP contribution in [0.15, 0.2) is 48.5 Å². The van der Waals surface area contributed by atoms with Gasteiger partial charge in [-0.15, -0.1) is 0 Å². The zero-order valence-electron chi connectivity index (χ0n) is 15.0. The number of hydrogen-bond acceptors (Lipinski definition) is 5. The first-order chi connectivity index (χ1) is 12.4. The Morgan fingerprint density at radius 3 is 1.73 bits per heavy atom. The Balaban J connectivity index is 1.84. The van der Waals surface area contributed by atoms with Crippen LogP contribution in [0, 0.1) is 5.92 Å². The standard InChI is InChI=1S/C19H24N2O4S/c1-24-17-7-3-15(4-8-17)19(16-5-9-18(25-2)10-6-16)21-11-14(12-21)13-26(20,22)23/h3-10,14,19H,11-13H2,1-2H3,(H2,20,22,23). The average Bonchev–Trinajstić information content (AvgIpc) is 2.60. The van der Waals surface area contributed by atoms with E-state index in [9.17, 15) is 8.42 Å². The first-order valence-corrected chi connectivity index (χ1v) is 10.1. The van der Waals surface area contributed by atoms with Crippen LogP contribution < -0.4 is 14.6 Å². The number of benzene rings is 2. The van der Waals surface area contributed by atoms with Gasteiger partial charge in [0.05, 0.1) is 26.0 Å². The number of nitrogens with zero attached hydrogens (tertiary/aromatic N) is 1. The molecule has 26 heavy (non-hydrogen) atoms. The first kappa shape index (κ1) is 18.7. The second-order valence-corrected chi connectivity index (χ2v) is 8.26. The molecule has 2 N–H and O–H groups in total. The van der Waals surface area contributed by atoms with Crippen molar-refractivity contribution < 1.29 is 17.9 Å². The quantitative estimate of drug-likeness (QED) is 0.799. The van der Waals surface area contributed by atoms with Gasteiger partial charge in [-0.2, -0.15) is 0 Å². The van der Waals surface area contributed by atoms with Gasteiger partial charge in [-0.25, -0.2) is 13.6 Å². The number of sulfonamides is 1. The molecule has 2 aromatic carbocycles. The van der Waals surface area contributed by atoms with E-state index in [1.807, 2.05) is 48.5 Å². The van der Waals surface area contributed by atoms with Gasteiger partial charge in [-0.1, -0.05) is 24.3 Å². The monoisotopic (exact) mass is 376 g/mol. The van der Waals surface area contributed by atoms with Crippen molar-refractivity contribution in [3.05, 3.63) is 59.7 Å². The van der Waals surface area contributed by atoms with E-state index < -0.39 is 10.0 Å². The summed E-state index contributed by atoms with van der Waals surface area (Å²) in [6, 6.07) is 16.0. The fraction of sp³-hybridized carbons (Fsp3) is 0.368. The SMILES string of the molecule is COc1ccc(C(c2ccc(OC)cc2)N2CC(CS(N)(=O)=O)C2)cc1. The van der Waals surface area contributed by atoms with Crippen LogP contribution in [0.4, 0.5) is 0 Å². The molecule has 7 heteroatoms. The Morgan fingerprint density at radius 1 is 0.962 bits per heavy atom. The second kappa shape index (κ2) is 7.65. The Labute approximate surface area is 154 Å². The van der Waals surface area contributed by atoms with Gasteiger partial charge in [-0.3, -0.25) is 4.90 Å². The Morgan fingerprint density at radius 2 is 1.38 bits per heavy atom. The fourth-order valence-corrected chi connectivity index (χ4v) is 4.31. The highest BCUT2D eigenvalue weighted by atomic mass is 32.2. The van der Waals surface area contributed by atoms with Gasteiger partial charge in [0.25, 0.3) is 0 Å². The predicted molar refractivity (Wildman–Crippen MR) is 101 cm³/mol. The molecule has 0 aromatic heterocycles. The smallest absolute Gasteiger partial charge is 0.209 e. The second-order valence-electron chi connectivity index (χ2n) is 6.60. The molecule has 1 fully saturated rings. The third kappa shape index (κ3) is 4.35. The first-order valence-electron chi connectivity index (χ1n) is 8.42. The largest absolute Gasteiger partial charge is 0.497 e. The van der Waals surface area contributed by atoms with E-state index in [-0.39, 0.29) is 17.7 Å². The maximum atomic E-state index is 11.3. The number of methoxy groups -OCH3 is 2. The van der Waals surface area contributed by atoms with Crippen molar-refractivity contribution >= 4 is 10.0 Å². The Bertz CT molecular complexity index is 781. The molecule has 0 spiro atoms. The summed E-state index contributed by atoms with van der Waals surface area (Å²) in [7, 11) is -0.156. The molecule has 0 radical (unpaired) electrons. The lowest BCUT2D eigenvalue weighted by Gasteiger charge is -2.44. The van der Waals surface area contributed by atoms with Crippen LogP contribution >= 0.6 is 0 Å². The van der Waals surface area contributed by atoms with Crippen LogP contribution in [0.5, 0.6) is 11.5 Å². The number of primary sulfonamides is 1. The predicted octanol–water partition coefficient (Wildman–Crippen LogP) is 2.01. The van der Waals surface area contributed by atoms with Gasteiger partial charge in [0.2, 0.25) is 10.0 Å². The van der Waals surface area contributed by atoms with Crippen molar-refractivity contribution in [1.29, 1.82) is 0 Å². The molecule has 1 saturated heterocycles. The highest BCUT2D eigenvalue weighted by Gasteiger charge is 2.35. The zero-order valence-corrected chi connectivity index (χ0v) is 15.8. The van der Waals surface area contributed by atoms with Crippen LogP contribution in [0.3, 0.4) is 0 Å². The Hall–Kier alpha value is -2.09. The maximum Gasteiger partial charge on any atom is 0.209 e. The van der Waals surface area contributed by atoms with E-state index in [1.54, 1.807) is 14.2 Å². The third-order valence-electron chi connectivity index (χ3n) is 4.68. The summed E-state index contributed by atoms with van der Waals surface area (Å²) in [4.78, 5) is 2.26. The molecule has 0 unspecified atom stereocenters. The van der Waals surface area contributed by atoms with Crippen LogP contribution in [-0.2, 0) is 10.0 Å². The minimum Gasteiger partial charge on any atom is -0.497 e. The molecular weight excluding hydrogens is 352 g/mol. The van der Waals surface area contributed by atoms with E-state index in [2.05, 4.69) is 4.90 Å². The van der Waals surface area contributed by atoms with E-state index in [4.69, 9.17) is 14.6 Å². The van der Waals surface area contributed by atoms with Crippen LogP contribution in [-0.4, -0.2) is 46.4 Å². The molecule has 6 nitrogen and oxygen atoms in total. The van der Waals surface area contributed by atoms with Gasteiger partial charge in [0.15, 0.2) is 0 Å². The molecule has 2 aromatic rings. The van der Waals surface area contributed by atoms with Crippen molar-refractivity contribution in [3.8, 4) is 11.5 Å². The molecule has 0 aliphatic carbocycles. The Kier molecular flexibility index (Phi) is 5.50. The minimum atomic E-state index is -3.44. The summed E-state index contributed by atoms with van der Waals surface area (Å²) >= 11 is 0. The molecule has 1 aliphatic heterocycles. The minimum absolute atomic E-state index is 0.0292. The summed E-state index contributed by atoms with van der Waals surface area (Å²) in [6.07, 6.45) is 0. The fourth-order valence-electron chi connectivity index (χ4n) is 3.44.